The zero-order valence-corrected chi connectivity index (χ0v) is 15.8. The van der Waals surface area contributed by atoms with Gasteiger partial charge >= 0.3 is 0 Å². The molecule has 3 heterocycles. The number of rotatable bonds is 5. The lowest BCUT2D eigenvalue weighted by atomic mass is 10.1. The number of ether oxygens (including phenoxy) is 2. The lowest BCUT2D eigenvalue weighted by molar-refractivity contribution is -0.0776. The van der Waals surface area contributed by atoms with Crippen LogP contribution in [-0.4, -0.2) is 57.5 Å². The van der Waals surface area contributed by atoms with Crippen LogP contribution in [0.3, 0.4) is 0 Å². The van der Waals surface area contributed by atoms with Gasteiger partial charge in [-0.3, -0.25) is 4.57 Å². The number of benzene rings is 1. The Morgan fingerprint density at radius 2 is 2.00 bits per heavy atom. The second kappa shape index (κ2) is 7.51. The van der Waals surface area contributed by atoms with Gasteiger partial charge in [0.2, 0.25) is 0 Å². The van der Waals surface area contributed by atoms with Crippen LogP contribution in [0.4, 0.5) is 5.69 Å². The van der Waals surface area contributed by atoms with Crippen molar-refractivity contribution in [1.29, 1.82) is 0 Å². The second-order valence-corrected chi connectivity index (χ2v) is 7.20. The average Bonchev–Trinajstić information content (AvgIpc) is 3.23. The summed E-state index contributed by atoms with van der Waals surface area (Å²) in [4.78, 5) is 10.8. The Hall–Kier alpha value is -2.46. The van der Waals surface area contributed by atoms with E-state index in [1.807, 2.05) is 49.1 Å². The predicted octanol–water partition coefficient (Wildman–Crippen LogP) is -0.951. The molecule has 1 saturated heterocycles. The minimum Gasteiger partial charge on any atom is -0.387 e. The third-order valence-corrected chi connectivity index (χ3v) is 4.94. The molecule has 0 bridgehead atoms. The van der Waals surface area contributed by atoms with Crippen molar-refractivity contribution in [3.05, 3.63) is 47.5 Å². The number of hydrogen-bond donors (Lipinski definition) is 3. The van der Waals surface area contributed by atoms with Crippen molar-refractivity contribution in [2.45, 2.75) is 44.5 Å². The summed E-state index contributed by atoms with van der Waals surface area (Å²) in [5, 5.41) is 21.3. The molecule has 1 fully saturated rings. The van der Waals surface area contributed by atoms with Gasteiger partial charge in [-0.05, 0) is 26.0 Å². The summed E-state index contributed by atoms with van der Waals surface area (Å²) in [6.45, 7) is 4.31. The smallest absolute Gasteiger partial charge is 0.165 e. The minimum atomic E-state index is -1.12. The zero-order valence-electron chi connectivity index (χ0n) is 15.8. The van der Waals surface area contributed by atoms with Gasteiger partial charge in [-0.1, -0.05) is 18.2 Å². The van der Waals surface area contributed by atoms with E-state index >= 15 is 0 Å². The van der Waals surface area contributed by atoms with Crippen molar-refractivity contribution >= 4 is 11.5 Å². The molecule has 9 heteroatoms. The van der Waals surface area contributed by atoms with E-state index in [2.05, 4.69) is 9.98 Å². The van der Waals surface area contributed by atoms with E-state index in [0.717, 1.165) is 5.69 Å². The van der Waals surface area contributed by atoms with Crippen LogP contribution in [0.1, 0.15) is 20.1 Å². The van der Waals surface area contributed by atoms with Crippen molar-refractivity contribution in [3.63, 3.8) is 0 Å². The van der Waals surface area contributed by atoms with E-state index in [1.54, 1.807) is 4.57 Å². The van der Waals surface area contributed by atoms with Crippen molar-refractivity contribution < 1.29 is 19.7 Å². The number of hydrogen-bond acceptors (Lipinski definition) is 8. The summed E-state index contributed by atoms with van der Waals surface area (Å²) >= 11 is 0. The van der Waals surface area contributed by atoms with E-state index in [0.29, 0.717) is 23.3 Å². The molecule has 0 saturated carbocycles. The summed E-state index contributed by atoms with van der Waals surface area (Å²) in [6.07, 6.45) is -2.10. The van der Waals surface area contributed by atoms with Gasteiger partial charge < -0.3 is 30.3 Å². The number of nitrogens with two attached hydrogens (primary N) is 1. The summed E-state index contributed by atoms with van der Waals surface area (Å²) in [6, 6.07) is 9.69. The van der Waals surface area contributed by atoms with Crippen molar-refractivity contribution in [2.24, 2.45) is 10.7 Å². The molecule has 9 nitrogen and oxygen atoms in total. The Balaban J connectivity index is 1.63. The number of fused-ring (bicyclic) bond motifs is 1. The predicted molar refractivity (Wildman–Crippen MR) is 101 cm³/mol. The van der Waals surface area contributed by atoms with Crippen LogP contribution in [-0.2, 0) is 9.47 Å². The number of aromatic nitrogens is 2. The maximum absolute atomic E-state index is 10.5. The molecule has 0 spiro atoms. The number of aliphatic hydroxyl groups is 2. The highest BCUT2D eigenvalue weighted by atomic mass is 16.6. The second-order valence-electron chi connectivity index (χ2n) is 7.20. The lowest BCUT2D eigenvalue weighted by Crippen LogP contribution is -2.47. The molecule has 0 radical (unpaired) electrons. The molecule has 2 aromatic rings. The highest BCUT2D eigenvalue weighted by molar-refractivity contribution is 5.65. The normalized spacial score (nSPS) is 27.2. The first-order valence-electron chi connectivity index (χ1n) is 9.30. The van der Waals surface area contributed by atoms with Gasteiger partial charge in [0.05, 0.1) is 19.0 Å². The molecule has 28 heavy (non-hydrogen) atoms. The van der Waals surface area contributed by atoms with Crippen molar-refractivity contribution in [3.8, 4) is 0 Å². The SMILES string of the molecule is CC(C)OC[C@H]1O[C@@H](n2cnc3c2=NCN(c2ccccc2)C=3N)[C@H](O)[C@@H]1O. The van der Waals surface area contributed by atoms with Crippen molar-refractivity contribution in [1.82, 2.24) is 9.55 Å². The van der Waals surface area contributed by atoms with Crippen LogP contribution in [0.5, 0.6) is 0 Å². The Morgan fingerprint density at radius 3 is 2.71 bits per heavy atom. The fourth-order valence-electron chi connectivity index (χ4n) is 3.43. The lowest BCUT2D eigenvalue weighted by Gasteiger charge is -2.24. The van der Waals surface area contributed by atoms with E-state index in [9.17, 15) is 10.2 Å². The molecule has 4 rings (SSSR count). The summed E-state index contributed by atoms with van der Waals surface area (Å²) in [5.41, 5.74) is 7.78. The van der Waals surface area contributed by atoms with Crippen LogP contribution >= 0.6 is 0 Å². The summed E-state index contributed by atoms with van der Waals surface area (Å²) < 4.78 is 13.0. The highest BCUT2D eigenvalue weighted by Crippen LogP contribution is 2.28. The fourth-order valence-corrected chi connectivity index (χ4v) is 3.43. The molecule has 1 aromatic heterocycles. The Labute approximate surface area is 162 Å². The first kappa shape index (κ1) is 18.9. The van der Waals surface area contributed by atoms with Gasteiger partial charge in [0.1, 0.15) is 36.2 Å². The van der Waals surface area contributed by atoms with Crippen LogP contribution in [0.25, 0.3) is 5.82 Å². The molecule has 1 aromatic carbocycles. The summed E-state index contributed by atoms with van der Waals surface area (Å²) in [7, 11) is 0. The number of nitrogens with zero attached hydrogens (tertiary/aromatic N) is 4. The van der Waals surface area contributed by atoms with E-state index < -0.39 is 24.5 Å². The van der Waals surface area contributed by atoms with Crippen LogP contribution < -0.4 is 21.5 Å². The standard InChI is InChI=1S/C19H25N5O4/c1-11(2)27-8-13-15(25)16(26)19(28-13)24-9-21-14-17(20)23(10-22-18(14)24)12-6-4-3-5-7-12/h3-7,9,11,13,15-16,19,25-26H,8,10,20H2,1-2H3/t13-,15-,16-,19-/m1/s1. The third kappa shape index (κ3) is 3.26. The average molecular weight is 387 g/mol. The first-order valence-corrected chi connectivity index (χ1v) is 9.30. The van der Waals surface area contributed by atoms with Crippen molar-refractivity contribution in [2.75, 3.05) is 18.2 Å². The quantitative estimate of drug-likeness (QED) is 0.605. The number of aliphatic hydroxyl groups excluding tert-OH is 2. The van der Waals surface area contributed by atoms with Gasteiger partial charge in [-0.15, -0.1) is 0 Å². The van der Waals surface area contributed by atoms with Crippen LogP contribution in [0.2, 0.25) is 0 Å². The molecule has 4 atom stereocenters. The zero-order chi connectivity index (χ0) is 19.8. The van der Waals surface area contributed by atoms with Gasteiger partial charge in [0.25, 0.3) is 0 Å². The molecule has 2 aliphatic rings. The van der Waals surface area contributed by atoms with E-state index in [1.165, 1.54) is 6.33 Å². The highest BCUT2D eigenvalue weighted by Gasteiger charge is 2.44. The molecule has 0 unspecified atom stereocenters. The monoisotopic (exact) mass is 387 g/mol. The maximum atomic E-state index is 10.5. The molecule has 2 aliphatic heterocycles. The summed E-state index contributed by atoms with van der Waals surface area (Å²) in [5.74, 6) is 0.475. The van der Waals surface area contributed by atoms with Crippen LogP contribution in [0.15, 0.2) is 41.7 Å². The Kier molecular flexibility index (Phi) is 5.07. The van der Waals surface area contributed by atoms with Gasteiger partial charge in [-0.2, -0.15) is 0 Å². The molecular weight excluding hydrogens is 362 g/mol. The number of para-hydroxylation sites is 1. The first-order chi connectivity index (χ1) is 13.5. The largest absolute Gasteiger partial charge is 0.387 e. The van der Waals surface area contributed by atoms with Gasteiger partial charge in [0, 0.05) is 5.69 Å². The van der Waals surface area contributed by atoms with Gasteiger partial charge in [-0.25, -0.2) is 9.98 Å². The molecule has 0 amide bonds. The van der Waals surface area contributed by atoms with Gasteiger partial charge in [0.15, 0.2) is 11.7 Å². The van der Waals surface area contributed by atoms with E-state index in [4.69, 9.17) is 15.2 Å². The molecule has 4 N–H and O–H groups in total. The number of imidazole rings is 1. The molecular formula is C19H25N5O4. The minimum absolute atomic E-state index is 0.00126. The molecule has 150 valence electrons. The number of anilines is 1. The molecule has 0 aliphatic carbocycles. The third-order valence-electron chi connectivity index (χ3n) is 4.94. The van der Waals surface area contributed by atoms with Crippen LogP contribution in [0, 0.1) is 0 Å². The Morgan fingerprint density at radius 1 is 1.25 bits per heavy atom. The fraction of sp³-hybridized carbons (Fsp3) is 0.474. The Bertz CT molecular complexity index is 945. The topological polar surface area (TPSA) is 118 Å². The van der Waals surface area contributed by atoms with E-state index in [-0.39, 0.29) is 12.7 Å². The maximum Gasteiger partial charge on any atom is 0.165 e.